The van der Waals surface area contributed by atoms with E-state index in [1.807, 2.05) is 0 Å². The standard InChI is InChI=1S/C10H7ClN2O2/c1-15-10-7-3-2-6(11)4-8(7)12-9(5-14)13-10/h2-5H,1H3. The van der Waals surface area contributed by atoms with Gasteiger partial charge in [0.05, 0.1) is 18.0 Å². The molecule has 0 saturated heterocycles. The Morgan fingerprint density at radius 1 is 1.40 bits per heavy atom. The zero-order chi connectivity index (χ0) is 10.8. The third-order valence-electron chi connectivity index (χ3n) is 1.94. The van der Waals surface area contributed by atoms with Gasteiger partial charge in [-0.15, -0.1) is 0 Å². The molecule has 2 rings (SSSR count). The van der Waals surface area contributed by atoms with Crippen molar-refractivity contribution in [2.24, 2.45) is 0 Å². The summed E-state index contributed by atoms with van der Waals surface area (Å²) in [5.41, 5.74) is 0.594. The number of benzene rings is 1. The second-order valence-corrected chi connectivity index (χ2v) is 3.31. The van der Waals surface area contributed by atoms with Crippen LogP contribution >= 0.6 is 11.6 Å². The van der Waals surface area contributed by atoms with Crippen LogP contribution in [0.2, 0.25) is 5.02 Å². The molecule has 0 atom stereocenters. The van der Waals surface area contributed by atoms with Crippen LogP contribution in [0.1, 0.15) is 10.6 Å². The Kier molecular flexibility index (Phi) is 2.51. The van der Waals surface area contributed by atoms with Crippen LogP contribution in [-0.2, 0) is 0 Å². The highest BCUT2D eigenvalue weighted by Crippen LogP contribution is 2.24. The summed E-state index contributed by atoms with van der Waals surface area (Å²) in [5, 5.41) is 1.28. The molecule has 0 aliphatic carbocycles. The molecular formula is C10H7ClN2O2. The van der Waals surface area contributed by atoms with Crippen LogP contribution in [0.25, 0.3) is 10.9 Å². The van der Waals surface area contributed by atoms with Gasteiger partial charge in [-0.1, -0.05) is 11.6 Å². The maximum atomic E-state index is 10.6. The van der Waals surface area contributed by atoms with Crippen molar-refractivity contribution in [2.75, 3.05) is 7.11 Å². The van der Waals surface area contributed by atoms with Crippen LogP contribution in [-0.4, -0.2) is 23.4 Å². The van der Waals surface area contributed by atoms with Crippen LogP contribution in [0, 0.1) is 0 Å². The maximum Gasteiger partial charge on any atom is 0.224 e. The molecule has 0 N–H and O–H groups in total. The fourth-order valence-electron chi connectivity index (χ4n) is 1.30. The number of ether oxygens (including phenoxy) is 1. The fraction of sp³-hybridized carbons (Fsp3) is 0.100. The molecule has 4 nitrogen and oxygen atoms in total. The number of hydrogen-bond acceptors (Lipinski definition) is 4. The smallest absolute Gasteiger partial charge is 0.224 e. The Morgan fingerprint density at radius 2 is 2.20 bits per heavy atom. The molecule has 0 radical (unpaired) electrons. The van der Waals surface area contributed by atoms with Gasteiger partial charge < -0.3 is 4.74 Å². The van der Waals surface area contributed by atoms with E-state index >= 15 is 0 Å². The molecule has 0 amide bonds. The second-order valence-electron chi connectivity index (χ2n) is 2.87. The van der Waals surface area contributed by atoms with E-state index in [0.29, 0.717) is 22.7 Å². The van der Waals surface area contributed by atoms with Gasteiger partial charge in [0.1, 0.15) is 0 Å². The lowest BCUT2D eigenvalue weighted by Gasteiger charge is -2.04. The summed E-state index contributed by atoms with van der Waals surface area (Å²) in [6.07, 6.45) is 0.572. The third-order valence-corrected chi connectivity index (χ3v) is 2.18. The van der Waals surface area contributed by atoms with Gasteiger partial charge in [-0.25, -0.2) is 4.98 Å². The number of fused-ring (bicyclic) bond motifs is 1. The van der Waals surface area contributed by atoms with Crippen LogP contribution < -0.4 is 4.74 Å². The third kappa shape index (κ3) is 1.76. The van der Waals surface area contributed by atoms with Gasteiger partial charge in [0.25, 0.3) is 0 Å². The van der Waals surface area contributed by atoms with Crippen LogP contribution in [0.15, 0.2) is 18.2 Å². The highest BCUT2D eigenvalue weighted by Gasteiger charge is 2.07. The van der Waals surface area contributed by atoms with Crippen molar-refractivity contribution >= 4 is 28.8 Å². The van der Waals surface area contributed by atoms with E-state index in [9.17, 15) is 4.79 Å². The number of nitrogens with zero attached hydrogens (tertiary/aromatic N) is 2. The van der Waals surface area contributed by atoms with E-state index in [4.69, 9.17) is 16.3 Å². The molecule has 0 aliphatic rings. The average molecular weight is 223 g/mol. The lowest BCUT2D eigenvalue weighted by atomic mass is 10.2. The predicted molar refractivity (Wildman–Crippen MR) is 56.5 cm³/mol. The Balaban J connectivity index is 2.80. The normalized spacial score (nSPS) is 10.3. The van der Waals surface area contributed by atoms with Crippen LogP contribution in [0.4, 0.5) is 0 Å². The minimum absolute atomic E-state index is 0.0848. The molecule has 0 spiro atoms. The first-order valence-electron chi connectivity index (χ1n) is 4.21. The lowest BCUT2D eigenvalue weighted by Crippen LogP contribution is -1.97. The summed E-state index contributed by atoms with van der Waals surface area (Å²) in [7, 11) is 1.49. The van der Waals surface area contributed by atoms with Crippen LogP contribution in [0.3, 0.4) is 0 Å². The number of rotatable bonds is 2. The zero-order valence-corrected chi connectivity index (χ0v) is 8.65. The van der Waals surface area contributed by atoms with E-state index in [1.54, 1.807) is 18.2 Å². The predicted octanol–water partition coefficient (Wildman–Crippen LogP) is 2.10. The first-order valence-corrected chi connectivity index (χ1v) is 4.59. The summed E-state index contributed by atoms with van der Waals surface area (Å²) >= 11 is 5.82. The molecule has 76 valence electrons. The van der Waals surface area contributed by atoms with Crippen molar-refractivity contribution in [1.29, 1.82) is 0 Å². The van der Waals surface area contributed by atoms with E-state index in [1.165, 1.54) is 7.11 Å². The number of carbonyl (C=O) groups excluding carboxylic acids is 1. The van der Waals surface area contributed by atoms with Crippen molar-refractivity contribution in [2.45, 2.75) is 0 Å². The van der Waals surface area contributed by atoms with E-state index in [0.717, 1.165) is 5.39 Å². The molecule has 0 fully saturated rings. The van der Waals surface area contributed by atoms with Crippen molar-refractivity contribution in [3.05, 3.63) is 29.0 Å². The molecule has 2 aromatic rings. The van der Waals surface area contributed by atoms with E-state index < -0.39 is 0 Å². The fourth-order valence-corrected chi connectivity index (χ4v) is 1.47. The Labute approximate surface area is 90.9 Å². The second kappa shape index (κ2) is 3.82. The Hall–Kier alpha value is -1.68. The van der Waals surface area contributed by atoms with Gasteiger partial charge in [0.15, 0.2) is 12.1 Å². The van der Waals surface area contributed by atoms with Gasteiger partial charge in [-0.05, 0) is 18.2 Å². The number of carbonyl (C=O) groups is 1. The summed E-state index contributed by atoms with van der Waals surface area (Å²) in [5.74, 6) is 0.459. The highest BCUT2D eigenvalue weighted by molar-refractivity contribution is 6.31. The monoisotopic (exact) mass is 222 g/mol. The molecule has 5 heteroatoms. The number of aromatic nitrogens is 2. The number of methoxy groups -OCH3 is 1. The van der Waals surface area contributed by atoms with Gasteiger partial charge in [-0.2, -0.15) is 4.98 Å². The molecule has 0 saturated carbocycles. The lowest BCUT2D eigenvalue weighted by molar-refractivity contribution is 0.111. The van der Waals surface area contributed by atoms with Gasteiger partial charge in [0, 0.05) is 5.02 Å². The molecule has 0 unspecified atom stereocenters. The summed E-state index contributed by atoms with van der Waals surface area (Å²) < 4.78 is 5.06. The first-order chi connectivity index (χ1) is 7.24. The highest BCUT2D eigenvalue weighted by atomic mass is 35.5. The topological polar surface area (TPSA) is 52.1 Å². The summed E-state index contributed by atoms with van der Waals surface area (Å²) in [4.78, 5) is 18.5. The van der Waals surface area contributed by atoms with Gasteiger partial charge in [-0.3, -0.25) is 4.79 Å². The minimum atomic E-state index is 0.0848. The minimum Gasteiger partial charge on any atom is -0.480 e. The maximum absolute atomic E-state index is 10.6. The number of halogens is 1. The van der Waals surface area contributed by atoms with E-state index in [2.05, 4.69) is 9.97 Å². The van der Waals surface area contributed by atoms with Crippen LogP contribution in [0.5, 0.6) is 5.88 Å². The van der Waals surface area contributed by atoms with Gasteiger partial charge in [0.2, 0.25) is 5.88 Å². The summed E-state index contributed by atoms with van der Waals surface area (Å²) in [6, 6.07) is 5.13. The quantitative estimate of drug-likeness (QED) is 0.731. The van der Waals surface area contributed by atoms with Crippen molar-refractivity contribution in [1.82, 2.24) is 9.97 Å². The van der Waals surface area contributed by atoms with Crippen molar-refractivity contribution < 1.29 is 9.53 Å². The molecular weight excluding hydrogens is 216 g/mol. The Morgan fingerprint density at radius 3 is 2.87 bits per heavy atom. The molecule has 1 aromatic heterocycles. The SMILES string of the molecule is COc1nc(C=O)nc2cc(Cl)ccc12. The van der Waals surface area contributed by atoms with Crippen molar-refractivity contribution in [3.63, 3.8) is 0 Å². The molecule has 0 bridgehead atoms. The molecule has 1 heterocycles. The van der Waals surface area contributed by atoms with Crippen molar-refractivity contribution in [3.8, 4) is 5.88 Å². The largest absolute Gasteiger partial charge is 0.480 e. The van der Waals surface area contributed by atoms with E-state index in [-0.39, 0.29) is 5.82 Å². The molecule has 1 aromatic carbocycles. The zero-order valence-electron chi connectivity index (χ0n) is 7.90. The average Bonchev–Trinajstić information content (AvgIpc) is 2.26. The van der Waals surface area contributed by atoms with Gasteiger partial charge >= 0.3 is 0 Å². The summed E-state index contributed by atoms with van der Waals surface area (Å²) in [6.45, 7) is 0. The first kappa shape index (κ1) is 9.86. The molecule has 0 aliphatic heterocycles. The number of hydrogen-bond donors (Lipinski definition) is 0. The molecule has 15 heavy (non-hydrogen) atoms. The Bertz CT molecular complexity index is 528. The number of aldehydes is 1.